The molecule has 1 aliphatic heterocycles. The van der Waals surface area contributed by atoms with Crippen molar-refractivity contribution in [3.05, 3.63) is 71.2 Å². The zero-order valence-corrected chi connectivity index (χ0v) is 19.9. The Bertz CT molecular complexity index is 1150. The van der Waals surface area contributed by atoms with Crippen LogP contribution in [0.2, 0.25) is 0 Å². The number of ether oxygens (including phenoxy) is 2. The number of thiazole rings is 1. The van der Waals surface area contributed by atoms with Crippen LogP contribution in [0, 0.1) is 0 Å². The second-order valence-electron chi connectivity index (χ2n) is 7.91. The monoisotopic (exact) mass is 494 g/mol. The highest BCUT2D eigenvalue weighted by molar-refractivity contribution is 7.13. The van der Waals surface area contributed by atoms with Gasteiger partial charge in [0.05, 0.1) is 6.54 Å². The summed E-state index contributed by atoms with van der Waals surface area (Å²) in [7, 11) is 0. The molecule has 0 fully saturated rings. The van der Waals surface area contributed by atoms with Crippen LogP contribution in [0.25, 0.3) is 0 Å². The van der Waals surface area contributed by atoms with E-state index >= 15 is 0 Å². The third-order valence-corrected chi connectivity index (χ3v) is 6.01. The maximum absolute atomic E-state index is 13.0. The van der Waals surface area contributed by atoms with E-state index in [0.29, 0.717) is 29.6 Å². The molecule has 2 N–H and O–H groups in total. The van der Waals surface area contributed by atoms with Crippen molar-refractivity contribution < 1.29 is 23.9 Å². The van der Waals surface area contributed by atoms with E-state index in [-0.39, 0.29) is 50.4 Å². The van der Waals surface area contributed by atoms with E-state index in [1.54, 1.807) is 23.7 Å². The largest absolute Gasteiger partial charge is 0.454 e. The Balaban J connectivity index is 1.34. The van der Waals surface area contributed by atoms with Crippen molar-refractivity contribution in [2.45, 2.75) is 25.8 Å². The lowest BCUT2D eigenvalue weighted by molar-refractivity contribution is -0.137. The van der Waals surface area contributed by atoms with Crippen molar-refractivity contribution in [2.75, 3.05) is 25.2 Å². The summed E-state index contributed by atoms with van der Waals surface area (Å²) in [6.07, 6.45) is 2.25. The van der Waals surface area contributed by atoms with Crippen molar-refractivity contribution in [1.82, 2.24) is 15.2 Å². The van der Waals surface area contributed by atoms with Gasteiger partial charge in [-0.05, 0) is 29.7 Å². The fourth-order valence-electron chi connectivity index (χ4n) is 3.56. The van der Waals surface area contributed by atoms with Gasteiger partial charge in [-0.15, -0.1) is 11.3 Å². The highest BCUT2D eigenvalue weighted by atomic mass is 32.1. The van der Waals surface area contributed by atoms with Gasteiger partial charge in [0.25, 0.3) is 0 Å². The highest BCUT2D eigenvalue weighted by Crippen LogP contribution is 2.32. The summed E-state index contributed by atoms with van der Waals surface area (Å²) in [5, 5.41) is 7.78. The molecular weight excluding hydrogens is 468 g/mol. The van der Waals surface area contributed by atoms with E-state index in [4.69, 9.17) is 9.47 Å². The Morgan fingerprint density at radius 1 is 0.971 bits per heavy atom. The average Bonchev–Trinajstić information content (AvgIpc) is 3.54. The van der Waals surface area contributed by atoms with Crippen LogP contribution in [-0.4, -0.2) is 47.5 Å². The molecule has 0 radical (unpaired) electrons. The summed E-state index contributed by atoms with van der Waals surface area (Å²) in [4.78, 5) is 43.3. The van der Waals surface area contributed by atoms with Crippen LogP contribution in [0.5, 0.6) is 11.5 Å². The van der Waals surface area contributed by atoms with Crippen molar-refractivity contribution in [2.24, 2.45) is 0 Å². The van der Waals surface area contributed by atoms with Crippen LogP contribution in [0.4, 0.5) is 5.13 Å². The predicted octanol–water partition coefficient (Wildman–Crippen LogP) is 2.98. The van der Waals surface area contributed by atoms with Crippen molar-refractivity contribution in [3.63, 3.8) is 0 Å². The van der Waals surface area contributed by atoms with Crippen LogP contribution in [0.1, 0.15) is 24.0 Å². The first kappa shape index (κ1) is 24.2. The molecule has 9 nitrogen and oxygen atoms in total. The van der Waals surface area contributed by atoms with Crippen molar-refractivity contribution >= 4 is 34.2 Å². The van der Waals surface area contributed by atoms with Crippen LogP contribution in [-0.2, 0) is 27.3 Å². The molecular formula is C25H26N4O5S. The first-order valence-corrected chi connectivity index (χ1v) is 12.1. The Morgan fingerprint density at radius 2 is 1.80 bits per heavy atom. The number of fused-ring (bicyclic) bond motifs is 1. The van der Waals surface area contributed by atoms with Gasteiger partial charge in [0, 0.05) is 37.5 Å². The van der Waals surface area contributed by atoms with Crippen LogP contribution in [0.3, 0.4) is 0 Å². The Hall–Kier alpha value is -3.92. The molecule has 2 heterocycles. The van der Waals surface area contributed by atoms with E-state index < -0.39 is 0 Å². The summed E-state index contributed by atoms with van der Waals surface area (Å²) in [5.41, 5.74) is 1.92. The molecule has 4 rings (SSSR count). The van der Waals surface area contributed by atoms with Gasteiger partial charge >= 0.3 is 0 Å². The van der Waals surface area contributed by atoms with Gasteiger partial charge in [0.15, 0.2) is 16.6 Å². The number of nitrogens with zero attached hydrogens (tertiary/aromatic N) is 2. The number of nitrogens with one attached hydrogen (secondary N) is 2. The number of hydrogen-bond donors (Lipinski definition) is 2. The third-order valence-electron chi connectivity index (χ3n) is 5.32. The van der Waals surface area contributed by atoms with E-state index in [1.165, 1.54) is 16.2 Å². The van der Waals surface area contributed by atoms with E-state index in [0.717, 1.165) is 11.1 Å². The minimum Gasteiger partial charge on any atom is -0.454 e. The molecule has 0 saturated heterocycles. The summed E-state index contributed by atoms with van der Waals surface area (Å²) in [6, 6.07) is 15.2. The Labute approximate surface area is 207 Å². The van der Waals surface area contributed by atoms with Crippen LogP contribution < -0.4 is 20.1 Å². The first-order valence-electron chi connectivity index (χ1n) is 11.2. The number of amides is 3. The first-order chi connectivity index (χ1) is 17.1. The summed E-state index contributed by atoms with van der Waals surface area (Å²) in [6.45, 7) is 0.705. The standard InChI is InChI=1S/C25H26N4O5S/c30-22(28-25-27-12-13-35-25)8-9-24(32)29(15-19-6-7-20-21(14-19)34-17-33-20)16-23(31)26-11-10-18-4-2-1-3-5-18/h1-7,12-14H,8-11,15-17H2,(H,26,31)(H,27,28,30). The molecule has 182 valence electrons. The second kappa shape index (κ2) is 12.0. The zero-order chi connectivity index (χ0) is 24.5. The van der Waals surface area contributed by atoms with Crippen molar-refractivity contribution in [1.29, 1.82) is 0 Å². The molecule has 0 spiro atoms. The molecule has 0 aliphatic carbocycles. The van der Waals surface area contributed by atoms with Gasteiger partial charge in [0.2, 0.25) is 24.5 Å². The SMILES string of the molecule is O=C(CN(Cc1ccc2c(c1)OCO2)C(=O)CCC(=O)Nc1nccs1)NCCc1ccccc1. The topological polar surface area (TPSA) is 110 Å². The van der Waals surface area contributed by atoms with Crippen molar-refractivity contribution in [3.8, 4) is 11.5 Å². The molecule has 0 unspecified atom stereocenters. The quantitative estimate of drug-likeness (QED) is 0.424. The molecule has 1 aromatic heterocycles. The molecule has 0 atom stereocenters. The minimum absolute atomic E-state index is 0.00826. The summed E-state index contributed by atoms with van der Waals surface area (Å²) >= 11 is 1.30. The zero-order valence-electron chi connectivity index (χ0n) is 19.1. The maximum atomic E-state index is 13.0. The molecule has 3 aromatic rings. The number of anilines is 1. The molecule has 3 amide bonds. The highest BCUT2D eigenvalue weighted by Gasteiger charge is 2.21. The average molecular weight is 495 g/mol. The summed E-state index contributed by atoms with van der Waals surface area (Å²) in [5.74, 6) is 0.384. The van der Waals surface area contributed by atoms with Gasteiger partial charge in [0.1, 0.15) is 0 Å². The lowest BCUT2D eigenvalue weighted by Gasteiger charge is -2.22. The molecule has 0 bridgehead atoms. The molecule has 2 aromatic carbocycles. The van der Waals surface area contributed by atoms with E-state index in [9.17, 15) is 14.4 Å². The number of carbonyl (C=O) groups is 3. The lowest BCUT2D eigenvalue weighted by Crippen LogP contribution is -2.41. The number of hydrogen-bond acceptors (Lipinski definition) is 7. The van der Waals surface area contributed by atoms with Gasteiger partial charge < -0.3 is 25.0 Å². The van der Waals surface area contributed by atoms with Crippen LogP contribution in [0.15, 0.2) is 60.1 Å². The Kier molecular flexibility index (Phi) is 8.29. The Morgan fingerprint density at radius 3 is 2.60 bits per heavy atom. The normalized spacial score (nSPS) is 11.7. The minimum atomic E-state index is -0.302. The molecule has 10 heteroatoms. The molecule has 35 heavy (non-hydrogen) atoms. The molecule has 0 saturated carbocycles. The van der Waals surface area contributed by atoms with Crippen LogP contribution >= 0.6 is 11.3 Å². The van der Waals surface area contributed by atoms with Gasteiger partial charge in [-0.2, -0.15) is 0 Å². The molecule has 1 aliphatic rings. The predicted molar refractivity (Wildman–Crippen MR) is 131 cm³/mol. The maximum Gasteiger partial charge on any atom is 0.239 e. The second-order valence-corrected chi connectivity index (χ2v) is 8.80. The van der Waals surface area contributed by atoms with E-state index in [1.807, 2.05) is 36.4 Å². The van der Waals surface area contributed by atoms with Gasteiger partial charge in [-0.1, -0.05) is 36.4 Å². The smallest absolute Gasteiger partial charge is 0.239 e. The summed E-state index contributed by atoms with van der Waals surface area (Å²) < 4.78 is 10.8. The number of aromatic nitrogens is 1. The number of rotatable bonds is 11. The van der Waals surface area contributed by atoms with E-state index in [2.05, 4.69) is 15.6 Å². The number of benzene rings is 2. The fourth-order valence-corrected chi connectivity index (χ4v) is 4.10. The third kappa shape index (κ3) is 7.28. The van der Waals surface area contributed by atoms with Gasteiger partial charge in [-0.25, -0.2) is 4.98 Å². The van der Waals surface area contributed by atoms with Gasteiger partial charge in [-0.3, -0.25) is 14.4 Å². The number of carbonyl (C=O) groups excluding carboxylic acids is 3. The fraction of sp³-hybridized carbons (Fsp3) is 0.280. The lowest BCUT2D eigenvalue weighted by atomic mass is 10.1.